The molecule has 22 heavy (non-hydrogen) atoms. The Morgan fingerprint density at radius 2 is 1.91 bits per heavy atom. The first kappa shape index (κ1) is 12.6. The minimum Gasteiger partial charge on any atom is -0.399 e. The van der Waals surface area contributed by atoms with E-state index in [1.54, 1.807) is 23.0 Å². The molecule has 2 N–H and O–H groups in total. The molecule has 0 spiro atoms. The summed E-state index contributed by atoms with van der Waals surface area (Å²) in [5.74, 6) is -0.0991. The maximum absolute atomic E-state index is 12.7. The smallest absolute Gasteiger partial charge is 0.263 e. The topological polar surface area (TPSA) is 65.8 Å². The summed E-state index contributed by atoms with van der Waals surface area (Å²) in [6.07, 6.45) is 3.52. The van der Waals surface area contributed by atoms with Crippen molar-refractivity contribution in [3.63, 3.8) is 0 Å². The molecule has 5 heteroatoms. The van der Waals surface area contributed by atoms with Gasteiger partial charge in [-0.2, -0.15) is 0 Å². The molecule has 5 nitrogen and oxygen atoms in total. The lowest BCUT2D eigenvalue weighted by atomic mass is 10.1. The summed E-state index contributed by atoms with van der Waals surface area (Å²) in [5.41, 5.74) is 9.59. The van der Waals surface area contributed by atoms with Crippen LogP contribution in [-0.4, -0.2) is 20.0 Å². The van der Waals surface area contributed by atoms with Crippen molar-refractivity contribution < 1.29 is 4.79 Å². The van der Waals surface area contributed by atoms with Crippen molar-refractivity contribution in [2.45, 2.75) is 0 Å². The number of nitrogen functional groups attached to an aromatic ring is 1. The van der Waals surface area contributed by atoms with Crippen molar-refractivity contribution >= 4 is 33.5 Å². The Balaban J connectivity index is 1.84. The summed E-state index contributed by atoms with van der Waals surface area (Å²) >= 11 is 0. The third kappa shape index (κ3) is 1.79. The summed E-state index contributed by atoms with van der Waals surface area (Å²) in [6.45, 7) is 0. The molecule has 0 aliphatic rings. The van der Waals surface area contributed by atoms with Gasteiger partial charge in [0.1, 0.15) is 6.33 Å². The van der Waals surface area contributed by atoms with Gasteiger partial charge >= 0.3 is 0 Å². The average Bonchev–Trinajstić information content (AvgIpc) is 3.10. The summed E-state index contributed by atoms with van der Waals surface area (Å²) in [4.78, 5) is 17.0. The zero-order chi connectivity index (χ0) is 15.3. The largest absolute Gasteiger partial charge is 0.399 e. The van der Waals surface area contributed by atoms with Crippen LogP contribution in [0.5, 0.6) is 0 Å². The second-order valence-electron chi connectivity index (χ2n) is 5.37. The quantitative estimate of drug-likeness (QED) is 0.548. The van der Waals surface area contributed by atoms with Crippen LogP contribution in [0.15, 0.2) is 55.0 Å². The SMILES string of the molecule is Cn1ccc2cc(C(=O)n3cnc4cc(N)ccc43)ccc21. The molecular weight excluding hydrogens is 276 g/mol. The predicted octanol–water partition coefficient (Wildman–Crippen LogP) is 2.80. The van der Waals surface area contributed by atoms with E-state index in [-0.39, 0.29) is 5.91 Å². The minimum absolute atomic E-state index is 0.0991. The number of hydrogen-bond donors (Lipinski definition) is 1. The second kappa shape index (κ2) is 4.46. The molecule has 0 aliphatic carbocycles. The molecule has 4 aromatic rings. The highest BCUT2D eigenvalue weighted by atomic mass is 16.2. The molecular formula is C17H14N4O. The van der Waals surface area contributed by atoms with Gasteiger partial charge in [0.05, 0.1) is 11.0 Å². The molecule has 0 radical (unpaired) electrons. The number of nitrogens with zero attached hydrogens (tertiary/aromatic N) is 3. The third-order valence-corrected chi connectivity index (χ3v) is 3.92. The maximum atomic E-state index is 12.7. The van der Waals surface area contributed by atoms with Gasteiger partial charge in [-0.05, 0) is 42.5 Å². The molecule has 0 fully saturated rings. The van der Waals surface area contributed by atoms with E-state index in [1.807, 2.05) is 48.1 Å². The van der Waals surface area contributed by atoms with Crippen LogP contribution < -0.4 is 5.73 Å². The second-order valence-corrected chi connectivity index (χ2v) is 5.37. The van der Waals surface area contributed by atoms with Crippen molar-refractivity contribution in [1.82, 2.24) is 14.1 Å². The number of imidazole rings is 1. The molecule has 2 aromatic carbocycles. The Hall–Kier alpha value is -3.08. The Bertz CT molecular complexity index is 1030. The first-order valence-electron chi connectivity index (χ1n) is 6.96. The fraction of sp³-hybridized carbons (Fsp3) is 0.0588. The normalized spacial score (nSPS) is 11.3. The van der Waals surface area contributed by atoms with Crippen molar-refractivity contribution in [2.24, 2.45) is 7.05 Å². The van der Waals surface area contributed by atoms with Crippen LogP contribution in [0, 0.1) is 0 Å². The Kier molecular flexibility index (Phi) is 2.56. The first-order valence-corrected chi connectivity index (χ1v) is 6.96. The molecule has 2 heterocycles. The molecule has 108 valence electrons. The molecule has 4 rings (SSSR count). The number of carbonyl (C=O) groups excluding carboxylic acids is 1. The van der Waals surface area contributed by atoms with Crippen LogP contribution in [0.2, 0.25) is 0 Å². The van der Waals surface area contributed by atoms with Crippen molar-refractivity contribution in [3.8, 4) is 0 Å². The van der Waals surface area contributed by atoms with E-state index in [0.717, 1.165) is 16.4 Å². The van der Waals surface area contributed by atoms with E-state index in [2.05, 4.69) is 4.98 Å². The Labute approximate surface area is 126 Å². The average molecular weight is 290 g/mol. The third-order valence-electron chi connectivity index (χ3n) is 3.92. The van der Waals surface area contributed by atoms with Gasteiger partial charge < -0.3 is 10.3 Å². The van der Waals surface area contributed by atoms with E-state index in [1.165, 1.54) is 0 Å². The van der Waals surface area contributed by atoms with Crippen LogP contribution in [0.4, 0.5) is 5.69 Å². The number of carbonyl (C=O) groups is 1. The van der Waals surface area contributed by atoms with Crippen LogP contribution in [0.3, 0.4) is 0 Å². The zero-order valence-corrected chi connectivity index (χ0v) is 12.0. The van der Waals surface area contributed by atoms with Crippen LogP contribution in [0.1, 0.15) is 10.4 Å². The fourth-order valence-corrected chi connectivity index (χ4v) is 2.75. The highest BCUT2D eigenvalue weighted by Crippen LogP contribution is 2.20. The lowest BCUT2D eigenvalue weighted by Gasteiger charge is -2.04. The van der Waals surface area contributed by atoms with Gasteiger partial charge in [-0.3, -0.25) is 9.36 Å². The van der Waals surface area contributed by atoms with E-state index in [4.69, 9.17) is 5.73 Å². The van der Waals surface area contributed by atoms with E-state index in [0.29, 0.717) is 16.8 Å². The highest BCUT2D eigenvalue weighted by Gasteiger charge is 2.13. The van der Waals surface area contributed by atoms with Crippen molar-refractivity contribution in [2.75, 3.05) is 5.73 Å². The molecule has 2 aromatic heterocycles. The molecule has 0 unspecified atom stereocenters. The van der Waals surface area contributed by atoms with E-state index < -0.39 is 0 Å². The Morgan fingerprint density at radius 3 is 2.77 bits per heavy atom. The minimum atomic E-state index is -0.0991. The number of anilines is 1. The van der Waals surface area contributed by atoms with E-state index in [9.17, 15) is 4.79 Å². The van der Waals surface area contributed by atoms with Crippen molar-refractivity contribution in [1.29, 1.82) is 0 Å². The zero-order valence-electron chi connectivity index (χ0n) is 12.0. The number of nitrogens with two attached hydrogens (primary N) is 1. The van der Waals surface area contributed by atoms with Crippen LogP contribution >= 0.6 is 0 Å². The van der Waals surface area contributed by atoms with Gasteiger partial charge in [-0.1, -0.05) is 0 Å². The summed E-state index contributed by atoms with van der Waals surface area (Å²) in [6, 6.07) is 13.1. The summed E-state index contributed by atoms with van der Waals surface area (Å²) in [7, 11) is 1.98. The highest BCUT2D eigenvalue weighted by molar-refractivity contribution is 6.03. The number of benzene rings is 2. The summed E-state index contributed by atoms with van der Waals surface area (Å²) in [5, 5.41) is 1.04. The van der Waals surface area contributed by atoms with Gasteiger partial charge in [0.25, 0.3) is 5.91 Å². The predicted molar refractivity (Wildman–Crippen MR) is 86.8 cm³/mol. The lowest BCUT2D eigenvalue weighted by molar-refractivity contribution is 0.0964. The monoisotopic (exact) mass is 290 g/mol. The standard InChI is InChI=1S/C17H14N4O/c1-20-7-6-11-8-12(2-4-15(11)20)17(22)21-10-19-14-9-13(18)3-5-16(14)21/h2-10H,18H2,1H3. The molecule has 0 saturated heterocycles. The number of hydrogen-bond acceptors (Lipinski definition) is 3. The maximum Gasteiger partial charge on any atom is 0.263 e. The number of aryl methyl sites for hydroxylation is 1. The van der Waals surface area contributed by atoms with Gasteiger partial charge in [0, 0.05) is 35.4 Å². The van der Waals surface area contributed by atoms with Crippen LogP contribution in [0.25, 0.3) is 21.9 Å². The number of rotatable bonds is 1. The van der Waals surface area contributed by atoms with Gasteiger partial charge in [-0.25, -0.2) is 4.98 Å². The molecule has 0 bridgehead atoms. The first-order chi connectivity index (χ1) is 10.6. The fourth-order valence-electron chi connectivity index (χ4n) is 2.75. The van der Waals surface area contributed by atoms with Crippen LogP contribution in [-0.2, 0) is 7.05 Å². The number of aromatic nitrogens is 3. The molecule has 0 aliphatic heterocycles. The van der Waals surface area contributed by atoms with Crippen molar-refractivity contribution in [3.05, 3.63) is 60.6 Å². The Morgan fingerprint density at radius 1 is 1.09 bits per heavy atom. The van der Waals surface area contributed by atoms with Gasteiger partial charge in [0.2, 0.25) is 0 Å². The van der Waals surface area contributed by atoms with Gasteiger partial charge in [-0.15, -0.1) is 0 Å². The summed E-state index contributed by atoms with van der Waals surface area (Å²) < 4.78 is 3.58. The molecule has 0 amide bonds. The molecule has 0 atom stereocenters. The van der Waals surface area contributed by atoms with Gasteiger partial charge in [0.15, 0.2) is 0 Å². The number of fused-ring (bicyclic) bond motifs is 2. The molecule has 0 saturated carbocycles. The lowest BCUT2D eigenvalue weighted by Crippen LogP contribution is -2.10. The van der Waals surface area contributed by atoms with E-state index >= 15 is 0 Å².